The number of anilines is 2. The first-order valence-corrected chi connectivity index (χ1v) is 48.3. The first-order valence-electron chi connectivity index (χ1n) is 43.8. The van der Waals surface area contributed by atoms with Gasteiger partial charge in [0.1, 0.15) is 45.2 Å². The standard InChI is InChI=1S/C14H20N2O4S.C13H18O2.C12H18N2O3S.C12H20O5.C10H21NO2.C9H19NO4S.C8H16O3.C6H13NO.C6H12O2.C4H10O/c1-5-14(3,4)13(18)15-11-6-8-12(9-7-11)21(19,20)16-10(2)17;1-4-13(2,3)12(14)15-10-11-8-6-5-7-9-11;1-4-12(2,3)11(15)14-9-5-7-10(8-6-9)18(13,16)17;1-5-12(3,4)11(15)17-7-6-16-10(14)8-9(2)13;1-6-10(2,3)9(12)13-8-7-11(4)5;1-6-8(2,3)7(11)10-9(4,5)15(12,13)14;1-4-8(2,3)7(10)11-6-5-9;2*1-4-6(2,3)5(7)8;1-3-4(2)5/h6-9H,5H2,1-4H3,(H,15,18)(H,16,17);5-9H,4,10H2,1-3H3;5-8H,4H2,1-3H3,(H,14,15)(H2,13,16,17);5-8H2,1-4H3;6-8H2,1-5H3;6H2,1-5H3,(H,10,11)(H,12,13,14);9H,4-6H2,1-3H3;4H2,1-3H3,(H2,7,8);4H2,1-3H3,(H,7,8);4-5H,3H2,1-2H3. The number of nitrogens with zero attached hydrogens (tertiary/aromatic N) is 1. The van der Waals surface area contributed by atoms with Crippen LogP contribution in [0.1, 0.15) is 305 Å². The van der Waals surface area contributed by atoms with Crippen molar-refractivity contribution in [2.24, 2.45) is 59.6 Å². The number of likely N-dealkylation sites (N-methyl/N-ethyl adjacent to an activating group) is 1. The Hall–Kier alpha value is -8.85. The highest BCUT2D eigenvalue weighted by atomic mass is 32.2. The largest absolute Gasteiger partial charge is 0.481 e. The van der Waals surface area contributed by atoms with E-state index in [9.17, 15) is 82.8 Å². The number of sulfonamides is 2. The molecule has 0 spiro atoms. The molecular weight excluding hydrogens is 1760 g/mol. The van der Waals surface area contributed by atoms with Crippen LogP contribution in [0.3, 0.4) is 0 Å². The zero-order valence-corrected chi connectivity index (χ0v) is 87.8. The minimum Gasteiger partial charge on any atom is -0.481 e. The average Bonchev–Trinajstić information content (AvgIpc) is 0.869. The molecule has 1 atom stereocenters. The van der Waals surface area contributed by atoms with Gasteiger partial charge in [-0.05, 0) is 229 Å². The van der Waals surface area contributed by atoms with Crippen molar-refractivity contribution in [1.29, 1.82) is 0 Å². The highest BCUT2D eigenvalue weighted by Gasteiger charge is 2.39. The van der Waals surface area contributed by atoms with E-state index in [0.29, 0.717) is 56.7 Å². The van der Waals surface area contributed by atoms with Crippen molar-refractivity contribution in [2.75, 3.05) is 64.3 Å². The third-order valence-electron chi connectivity index (χ3n) is 21.3. The number of carboxylic acid groups (broad SMARTS) is 1. The number of benzene rings is 3. The van der Waals surface area contributed by atoms with Crippen LogP contribution in [0.5, 0.6) is 0 Å². The summed E-state index contributed by atoms with van der Waals surface area (Å²) in [4.78, 5) is 135. The fourth-order valence-electron chi connectivity index (χ4n) is 6.69. The molecule has 0 saturated carbocycles. The minimum absolute atomic E-state index is 0.0162. The predicted octanol–water partition coefficient (Wildman–Crippen LogP) is 15.1. The molecule has 0 aromatic heterocycles. The number of rotatable bonds is 38. The number of amides is 5. The summed E-state index contributed by atoms with van der Waals surface area (Å²) < 4.78 is 103. The van der Waals surface area contributed by atoms with E-state index in [-0.39, 0.29) is 112 Å². The number of aliphatic hydroxyl groups is 2. The number of ether oxygens (including phenoxy) is 5. The number of primary sulfonamides is 1. The van der Waals surface area contributed by atoms with Crippen molar-refractivity contribution < 1.29 is 126 Å². The Morgan fingerprint density at radius 1 is 0.435 bits per heavy atom. The fourth-order valence-corrected chi connectivity index (χ4v) is 8.42. The van der Waals surface area contributed by atoms with Crippen LogP contribution in [0, 0.1) is 48.7 Å². The third-order valence-corrected chi connectivity index (χ3v) is 25.1. The number of carboxylic acids is 1. The quantitative estimate of drug-likeness (QED) is 0.00837. The molecule has 34 nitrogen and oxygen atoms in total. The Kier molecular flexibility index (Phi) is 65.4. The number of hydrogen-bond acceptors (Lipinski definition) is 26. The van der Waals surface area contributed by atoms with Crippen LogP contribution < -0.4 is 31.5 Å². The van der Waals surface area contributed by atoms with Gasteiger partial charge in [-0.25, -0.2) is 26.7 Å². The number of carbonyl (C=O) groups excluding carboxylic acids is 11. The number of ketones is 1. The molecule has 758 valence electrons. The van der Waals surface area contributed by atoms with Gasteiger partial charge >= 0.3 is 35.8 Å². The van der Waals surface area contributed by atoms with Gasteiger partial charge < -0.3 is 65.6 Å². The molecule has 0 radical (unpaired) electrons. The maximum Gasteiger partial charge on any atom is 0.313 e. The predicted molar refractivity (Wildman–Crippen MR) is 513 cm³/mol. The summed E-state index contributed by atoms with van der Waals surface area (Å²) in [5.74, 6) is -3.87. The van der Waals surface area contributed by atoms with Crippen LogP contribution in [0.15, 0.2) is 88.7 Å². The molecule has 37 heteroatoms. The second-order valence-electron chi connectivity index (χ2n) is 37.3. The Morgan fingerprint density at radius 2 is 0.748 bits per heavy atom. The summed E-state index contributed by atoms with van der Waals surface area (Å²) in [6.07, 6.45) is 7.01. The van der Waals surface area contributed by atoms with Crippen LogP contribution in [-0.4, -0.2) is 186 Å². The van der Waals surface area contributed by atoms with Crippen LogP contribution in [0.25, 0.3) is 0 Å². The summed E-state index contributed by atoms with van der Waals surface area (Å²) in [6, 6.07) is 21.1. The summed E-state index contributed by atoms with van der Waals surface area (Å²) in [7, 11) is -7.93. The second-order valence-corrected chi connectivity index (χ2v) is 42.5. The van der Waals surface area contributed by atoms with Crippen molar-refractivity contribution in [3.63, 3.8) is 0 Å². The molecule has 3 aromatic rings. The number of carbonyl (C=O) groups is 12. The summed E-state index contributed by atoms with van der Waals surface area (Å²) in [5.41, 5.74) is 2.98. The van der Waals surface area contributed by atoms with Gasteiger partial charge in [0, 0.05) is 46.5 Å². The molecular formula is C94H167N7O27S3. The van der Waals surface area contributed by atoms with Gasteiger partial charge in [-0.1, -0.05) is 155 Å². The average molecular weight is 1920 g/mol. The second kappa shape index (κ2) is 63.4. The molecule has 1 unspecified atom stereocenters. The summed E-state index contributed by atoms with van der Waals surface area (Å²) in [5, 5.41) is 37.9. The normalized spacial score (nSPS) is 11.9. The fraction of sp³-hybridized carbons (Fsp3) is 0.681. The maximum atomic E-state index is 12.0. The van der Waals surface area contributed by atoms with Crippen molar-refractivity contribution in [1.82, 2.24) is 14.9 Å². The first-order chi connectivity index (χ1) is 59.3. The van der Waals surface area contributed by atoms with E-state index in [1.165, 1.54) is 69.3 Å². The molecule has 0 heterocycles. The van der Waals surface area contributed by atoms with E-state index in [0.717, 1.165) is 51.1 Å². The molecule has 0 aliphatic carbocycles. The topological polar surface area (TPSA) is 538 Å². The molecule has 0 fully saturated rings. The Labute approximate surface area is 784 Å². The van der Waals surface area contributed by atoms with Gasteiger partial charge in [0.25, 0.3) is 20.1 Å². The van der Waals surface area contributed by atoms with E-state index < -0.39 is 91.3 Å². The highest BCUT2D eigenvalue weighted by molar-refractivity contribution is 7.90. The van der Waals surface area contributed by atoms with Gasteiger partial charge in [-0.2, -0.15) is 8.42 Å². The lowest BCUT2D eigenvalue weighted by atomic mass is 9.89. The smallest absolute Gasteiger partial charge is 0.313 e. The molecule has 12 N–H and O–H groups in total. The minimum atomic E-state index is -4.30. The van der Waals surface area contributed by atoms with Gasteiger partial charge in [0.05, 0.1) is 49.6 Å². The zero-order chi connectivity index (χ0) is 105. The van der Waals surface area contributed by atoms with E-state index in [1.54, 1.807) is 48.5 Å². The summed E-state index contributed by atoms with van der Waals surface area (Å²) >= 11 is 0. The van der Waals surface area contributed by atoms with E-state index in [1.807, 2.05) is 206 Å². The monoisotopic (exact) mass is 1920 g/mol. The number of primary amides is 1. The van der Waals surface area contributed by atoms with Gasteiger partial charge in [-0.15, -0.1) is 0 Å². The van der Waals surface area contributed by atoms with Crippen LogP contribution >= 0.6 is 0 Å². The first kappa shape index (κ1) is 135. The molecule has 3 rings (SSSR count). The molecule has 131 heavy (non-hydrogen) atoms. The van der Waals surface area contributed by atoms with Gasteiger partial charge in [-0.3, -0.25) is 62.1 Å². The highest BCUT2D eigenvalue weighted by Crippen LogP contribution is 2.29. The van der Waals surface area contributed by atoms with Crippen LogP contribution in [0.2, 0.25) is 0 Å². The lowest BCUT2D eigenvalue weighted by Crippen LogP contribution is -2.53. The molecule has 0 aliphatic heterocycles. The van der Waals surface area contributed by atoms with E-state index in [4.69, 9.17) is 54.4 Å². The van der Waals surface area contributed by atoms with Crippen molar-refractivity contribution in [3.8, 4) is 0 Å². The number of esters is 5. The number of aliphatic hydroxyl groups excluding tert-OH is 2. The van der Waals surface area contributed by atoms with Crippen molar-refractivity contribution in [3.05, 3.63) is 84.4 Å². The van der Waals surface area contributed by atoms with Crippen molar-refractivity contribution >= 4 is 113 Å². The number of aliphatic carboxylic acids is 1. The van der Waals surface area contributed by atoms with E-state index in [2.05, 4.69) is 16.0 Å². The molecule has 5 amide bonds. The third kappa shape index (κ3) is 61.6. The Bertz CT molecular complexity index is 4270. The van der Waals surface area contributed by atoms with E-state index >= 15 is 0 Å². The number of nitrogens with two attached hydrogens (primary N) is 2. The lowest BCUT2D eigenvalue weighted by molar-refractivity contribution is -0.159. The number of hydrogen-bond donors (Lipinski definition) is 10. The van der Waals surface area contributed by atoms with Gasteiger partial charge in [0.2, 0.25) is 39.6 Å². The summed E-state index contributed by atoms with van der Waals surface area (Å²) in [6.45, 7) is 60.3. The molecule has 0 aliphatic rings. The molecule has 0 bridgehead atoms. The molecule has 0 saturated heterocycles. The van der Waals surface area contributed by atoms with Crippen LogP contribution in [-0.2, 0) is 118 Å². The number of Topliss-reactive ketones (excluding diaryl/α,β-unsaturated/α-hetero) is 1. The maximum absolute atomic E-state index is 12.0. The van der Waals surface area contributed by atoms with Crippen molar-refractivity contribution in [2.45, 2.75) is 326 Å². The lowest BCUT2D eigenvalue weighted by Gasteiger charge is -2.29. The Morgan fingerprint density at radius 3 is 1.02 bits per heavy atom. The SMILES string of the molecule is CCC(C)(C)C(=O)NC(C)(C)S(=O)(=O)O.CCC(C)(C)C(=O)Nc1ccc(S(=O)(=O)NC(C)=O)cc1.CCC(C)(C)C(=O)Nc1ccc(S(N)(=O)=O)cc1.CCC(C)(C)C(=O)O.CCC(C)(C)C(=O)OCCN(C)C.CCC(C)(C)C(=O)OCCO.CCC(C)(C)C(=O)OCCOC(=O)CC(C)=O.CCC(C)(C)C(=O)OCc1ccccc1.CCC(C)(C)C(N)=O.CCC(C)O. The Balaban J connectivity index is -0.000000266. The van der Waals surface area contributed by atoms with Gasteiger partial charge in [0.15, 0.2) is 4.87 Å². The molecule has 3 aromatic carbocycles. The number of nitrogens with one attached hydrogen (secondary N) is 4. The zero-order valence-electron chi connectivity index (χ0n) is 85.3. The van der Waals surface area contributed by atoms with Crippen LogP contribution in [0.4, 0.5) is 11.4 Å².